The average molecular weight is 201 g/mol. The minimum Gasteiger partial charge on any atom is -0.490 e. The van der Waals surface area contributed by atoms with Crippen LogP contribution in [0.25, 0.3) is 0 Å². The molecule has 1 aromatic rings. The molecule has 1 aliphatic rings. The standard InChI is InChI=1S/C9H12N2O.ClH/c10-9(3-4-9)7-12-8-2-1-5-11-6-8;/h1-2,5-6H,3-4,7,10H2;1H. The van der Waals surface area contributed by atoms with Gasteiger partial charge < -0.3 is 10.5 Å². The van der Waals surface area contributed by atoms with Gasteiger partial charge in [-0.2, -0.15) is 0 Å². The summed E-state index contributed by atoms with van der Waals surface area (Å²) >= 11 is 0. The molecule has 2 rings (SSSR count). The number of nitrogens with zero attached hydrogens (tertiary/aromatic N) is 1. The summed E-state index contributed by atoms with van der Waals surface area (Å²) < 4.78 is 5.45. The monoisotopic (exact) mass is 200 g/mol. The van der Waals surface area contributed by atoms with Crippen molar-refractivity contribution in [1.29, 1.82) is 0 Å². The minimum absolute atomic E-state index is 0. The molecule has 0 aliphatic heterocycles. The van der Waals surface area contributed by atoms with E-state index in [0.29, 0.717) is 6.61 Å². The van der Waals surface area contributed by atoms with Gasteiger partial charge >= 0.3 is 0 Å². The fourth-order valence-electron chi connectivity index (χ4n) is 0.964. The number of rotatable bonds is 3. The first kappa shape index (κ1) is 10.3. The molecule has 3 nitrogen and oxygen atoms in total. The molecule has 0 unspecified atom stereocenters. The van der Waals surface area contributed by atoms with Crippen LogP contribution in [0.2, 0.25) is 0 Å². The van der Waals surface area contributed by atoms with Gasteiger partial charge in [-0.3, -0.25) is 4.98 Å². The topological polar surface area (TPSA) is 48.1 Å². The Hall–Kier alpha value is -0.800. The van der Waals surface area contributed by atoms with Crippen LogP contribution < -0.4 is 10.5 Å². The van der Waals surface area contributed by atoms with Gasteiger partial charge in [0.1, 0.15) is 12.4 Å². The molecular formula is C9H13ClN2O. The van der Waals surface area contributed by atoms with Crippen molar-refractivity contribution in [2.75, 3.05) is 6.61 Å². The van der Waals surface area contributed by atoms with E-state index < -0.39 is 0 Å². The number of hydrogen-bond donors (Lipinski definition) is 1. The molecule has 1 heterocycles. The van der Waals surface area contributed by atoms with Crippen LogP contribution in [0, 0.1) is 0 Å². The van der Waals surface area contributed by atoms with E-state index in [1.165, 1.54) is 0 Å². The maximum absolute atomic E-state index is 5.85. The average Bonchev–Trinajstić information content (AvgIpc) is 2.84. The first-order chi connectivity index (χ1) is 5.79. The molecule has 0 aromatic carbocycles. The largest absolute Gasteiger partial charge is 0.490 e. The van der Waals surface area contributed by atoms with Crippen LogP contribution in [0.5, 0.6) is 5.75 Å². The van der Waals surface area contributed by atoms with Gasteiger partial charge in [0, 0.05) is 6.20 Å². The highest BCUT2D eigenvalue weighted by Gasteiger charge is 2.39. The lowest BCUT2D eigenvalue weighted by Crippen LogP contribution is -2.29. The van der Waals surface area contributed by atoms with E-state index in [-0.39, 0.29) is 17.9 Å². The number of hydrogen-bond acceptors (Lipinski definition) is 3. The van der Waals surface area contributed by atoms with Crippen LogP contribution in [0.3, 0.4) is 0 Å². The van der Waals surface area contributed by atoms with Crippen LogP contribution in [0.1, 0.15) is 12.8 Å². The van der Waals surface area contributed by atoms with E-state index in [1.54, 1.807) is 12.4 Å². The second-order valence-electron chi connectivity index (χ2n) is 3.34. The summed E-state index contributed by atoms with van der Waals surface area (Å²) in [7, 11) is 0. The lowest BCUT2D eigenvalue weighted by molar-refractivity contribution is 0.278. The molecule has 0 atom stereocenters. The first-order valence-electron chi connectivity index (χ1n) is 4.10. The maximum Gasteiger partial charge on any atom is 0.137 e. The summed E-state index contributed by atoms with van der Waals surface area (Å²) in [5.41, 5.74) is 5.80. The molecule has 0 bridgehead atoms. The molecule has 1 aromatic heterocycles. The smallest absolute Gasteiger partial charge is 0.137 e. The normalized spacial score (nSPS) is 17.3. The van der Waals surface area contributed by atoms with Gasteiger partial charge in [-0.15, -0.1) is 12.4 Å². The Bertz CT molecular complexity index is 262. The molecule has 0 spiro atoms. The Kier molecular flexibility index (Phi) is 3.12. The van der Waals surface area contributed by atoms with E-state index in [0.717, 1.165) is 18.6 Å². The van der Waals surface area contributed by atoms with Crippen molar-refractivity contribution in [1.82, 2.24) is 4.98 Å². The van der Waals surface area contributed by atoms with E-state index in [9.17, 15) is 0 Å². The number of ether oxygens (including phenoxy) is 1. The van der Waals surface area contributed by atoms with Crippen LogP contribution in [-0.4, -0.2) is 17.1 Å². The Labute approximate surface area is 83.7 Å². The molecule has 13 heavy (non-hydrogen) atoms. The zero-order valence-corrected chi connectivity index (χ0v) is 8.09. The quantitative estimate of drug-likeness (QED) is 0.802. The fraction of sp³-hybridized carbons (Fsp3) is 0.444. The summed E-state index contributed by atoms with van der Waals surface area (Å²) in [6.07, 6.45) is 5.58. The van der Waals surface area contributed by atoms with Crippen molar-refractivity contribution in [2.24, 2.45) is 5.73 Å². The van der Waals surface area contributed by atoms with Gasteiger partial charge in [-0.25, -0.2) is 0 Å². The third-order valence-electron chi connectivity index (χ3n) is 2.05. The summed E-state index contributed by atoms with van der Waals surface area (Å²) in [6, 6.07) is 3.74. The van der Waals surface area contributed by atoms with Crippen LogP contribution in [0.15, 0.2) is 24.5 Å². The molecule has 1 saturated carbocycles. The molecule has 0 saturated heterocycles. The Balaban J connectivity index is 0.000000845. The first-order valence-corrected chi connectivity index (χ1v) is 4.10. The van der Waals surface area contributed by atoms with Crippen molar-refractivity contribution >= 4 is 12.4 Å². The summed E-state index contributed by atoms with van der Waals surface area (Å²) in [6.45, 7) is 0.610. The second kappa shape index (κ2) is 3.94. The predicted molar refractivity (Wildman–Crippen MR) is 53.1 cm³/mol. The van der Waals surface area contributed by atoms with Crippen molar-refractivity contribution in [3.63, 3.8) is 0 Å². The number of nitrogens with two attached hydrogens (primary N) is 1. The van der Waals surface area contributed by atoms with Crippen molar-refractivity contribution in [3.8, 4) is 5.75 Å². The zero-order chi connectivity index (χ0) is 8.44. The van der Waals surface area contributed by atoms with E-state index in [4.69, 9.17) is 10.5 Å². The molecule has 0 amide bonds. The van der Waals surface area contributed by atoms with E-state index >= 15 is 0 Å². The third kappa shape index (κ3) is 2.86. The molecule has 1 aliphatic carbocycles. The van der Waals surface area contributed by atoms with E-state index in [1.807, 2.05) is 12.1 Å². The summed E-state index contributed by atoms with van der Waals surface area (Å²) in [4.78, 5) is 3.94. The molecule has 72 valence electrons. The molecule has 1 fully saturated rings. The van der Waals surface area contributed by atoms with Crippen LogP contribution >= 0.6 is 12.4 Å². The fourth-order valence-corrected chi connectivity index (χ4v) is 0.964. The predicted octanol–water partition coefficient (Wildman–Crippen LogP) is 1.37. The van der Waals surface area contributed by atoms with Crippen molar-refractivity contribution < 1.29 is 4.74 Å². The minimum atomic E-state index is -0.0458. The molecule has 0 radical (unpaired) electrons. The van der Waals surface area contributed by atoms with Gasteiger partial charge in [0.05, 0.1) is 11.7 Å². The highest BCUT2D eigenvalue weighted by atomic mass is 35.5. The molecule has 4 heteroatoms. The summed E-state index contributed by atoms with van der Waals surface area (Å²) in [5.74, 6) is 0.800. The van der Waals surface area contributed by atoms with Crippen molar-refractivity contribution in [2.45, 2.75) is 18.4 Å². The van der Waals surface area contributed by atoms with E-state index in [2.05, 4.69) is 4.98 Å². The highest BCUT2D eigenvalue weighted by molar-refractivity contribution is 5.85. The Morgan fingerprint density at radius 2 is 2.31 bits per heavy atom. The van der Waals surface area contributed by atoms with Crippen LogP contribution in [-0.2, 0) is 0 Å². The number of aromatic nitrogens is 1. The van der Waals surface area contributed by atoms with Gasteiger partial charge in [-0.1, -0.05) is 0 Å². The Morgan fingerprint density at radius 3 is 2.85 bits per heavy atom. The molecular weight excluding hydrogens is 188 g/mol. The lowest BCUT2D eigenvalue weighted by atomic mass is 10.3. The molecule has 2 N–H and O–H groups in total. The van der Waals surface area contributed by atoms with Gasteiger partial charge in [0.15, 0.2) is 0 Å². The van der Waals surface area contributed by atoms with Gasteiger partial charge in [0.2, 0.25) is 0 Å². The lowest BCUT2D eigenvalue weighted by Gasteiger charge is -2.09. The number of pyridine rings is 1. The summed E-state index contributed by atoms with van der Waals surface area (Å²) in [5, 5.41) is 0. The van der Waals surface area contributed by atoms with Crippen molar-refractivity contribution in [3.05, 3.63) is 24.5 Å². The number of halogens is 1. The van der Waals surface area contributed by atoms with Gasteiger partial charge in [0.25, 0.3) is 0 Å². The van der Waals surface area contributed by atoms with Gasteiger partial charge in [-0.05, 0) is 25.0 Å². The second-order valence-corrected chi connectivity index (χ2v) is 3.34. The zero-order valence-electron chi connectivity index (χ0n) is 7.27. The van der Waals surface area contributed by atoms with Crippen LogP contribution in [0.4, 0.5) is 0 Å². The SMILES string of the molecule is Cl.NC1(COc2cccnc2)CC1. The maximum atomic E-state index is 5.85. The highest BCUT2D eigenvalue weighted by Crippen LogP contribution is 2.32. The third-order valence-corrected chi connectivity index (χ3v) is 2.05. The Morgan fingerprint density at radius 1 is 1.54 bits per heavy atom.